The van der Waals surface area contributed by atoms with Gasteiger partial charge in [-0.2, -0.15) is 0 Å². The summed E-state index contributed by atoms with van der Waals surface area (Å²) in [5, 5.41) is 6.86. The quantitative estimate of drug-likeness (QED) is 0.410. The molecule has 0 amide bonds. The SMILES string of the molecule is C/C(Nc1ccc(Oc2ccc(N/C(C)=C3\C(=O)C[C@@H]4[C@H]3C4(C)C)cc2)cc1)=C1/C(=O)C[C@@H]2[C@H]1C2(C)C. The third-order valence-electron chi connectivity index (χ3n) is 9.55. The van der Waals surface area contributed by atoms with Gasteiger partial charge in [0.2, 0.25) is 0 Å². The van der Waals surface area contributed by atoms with Gasteiger partial charge in [-0.1, -0.05) is 27.7 Å². The summed E-state index contributed by atoms with van der Waals surface area (Å²) in [4.78, 5) is 24.9. The zero-order valence-corrected chi connectivity index (χ0v) is 22.6. The Morgan fingerprint density at radius 2 is 1.03 bits per heavy atom. The summed E-state index contributed by atoms with van der Waals surface area (Å²) in [6, 6.07) is 15.6. The van der Waals surface area contributed by atoms with Crippen LogP contribution in [0.2, 0.25) is 0 Å². The van der Waals surface area contributed by atoms with Crippen molar-refractivity contribution in [1.29, 1.82) is 0 Å². The second kappa shape index (κ2) is 8.08. The lowest BCUT2D eigenvalue weighted by Crippen LogP contribution is -2.12. The molecule has 6 rings (SSSR count). The van der Waals surface area contributed by atoms with E-state index in [0.717, 1.165) is 45.4 Å². The van der Waals surface area contributed by atoms with Crippen LogP contribution in [0, 0.1) is 34.5 Å². The Kier molecular flexibility index (Phi) is 5.24. The van der Waals surface area contributed by atoms with Crippen LogP contribution in [0.4, 0.5) is 11.4 Å². The first-order valence-electron chi connectivity index (χ1n) is 13.4. The average molecular weight is 497 g/mol. The monoisotopic (exact) mass is 496 g/mol. The van der Waals surface area contributed by atoms with E-state index < -0.39 is 0 Å². The van der Waals surface area contributed by atoms with Crippen LogP contribution >= 0.6 is 0 Å². The number of nitrogens with one attached hydrogen (secondary N) is 2. The van der Waals surface area contributed by atoms with Gasteiger partial charge in [-0.15, -0.1) is 0 Å². The highest BCUT2D eigenvalue weighted by atomic mass is 16.5. The zero-order chi connectivity index (χ0) is 26.3. The van der Waals surface area contributed by atoms with Crippen LogP contribution in [0.3, 0.4) is 0 Å². The van der Waals surface area contributed by atoms with E-state index in [9.17, 15) is 9.59 Å². The van der Waals surface area contributed by atoms with Gasteiger partial charge in [-0.3, -0.25) is 9.59 Å². The Balaban J connectivity index is 1.08. The first kappa shape index (κ1) is 24.0. The maximum Gasteiger partial charge on any atom is 0.161 e. The van der Waals surface area contributed by atoms with Crippen molar-refractivity contribution in [2.24, 2.45) is 34.5 Å². The lowest BCUT2D eigenvalue weighted by molar-refractivity contribution is -0.116. The smallest absolute Gasteiger partial charge is 0.161 e. The number of ketones is 2. The van der Waals surface area contributed by atoms with E-state index in [0.29, 0.717) is 48.1 Å². The number of anilines is 2. The molecule has 2 aromatic rings. The van der Waals surface area contributed by atoms with Gasteiger partial charge in [0, 0.05) is 46.8 Å². The molecule has 0 unspecified atom stereocenters. The van der Waals surface area contributed by atoms with Crippen molar-refractivity contribution in [2.45, 2.75) is 54.4 Å². The molecule has 0 aromatic heterocycles. The fourth-order valence-electron chi connectivity index (χ4n) is 7.16. The summed E-state index contributed by atoms with van der Waals surface area (Å²) in [6.45, 7) is 13.0. The minimum Gasteiger partial charge on any atom is -0.457 e. The fourth-order valence-corrected chi connectivity index (χ4v) is 7.16. The van der Waals surface area contributed by atoms with Gasteiger partial charge in [0.05, 0.1) is 0 Å². The van der Waals surface area contributed by atoms with Gasteiger partial charge < -0.3 is 15.4 Å². The Bertz CT molecular complexity index is 1260. The van der Waals surface area contributed by atoms with Crippen LogP contribution in [0.5, 0.6) is 11.5 Å². The number of rotatable bonds is 6. The molecule has 37 heavy (non-hydrogen) atoms. The number of allylic oxidation sites excluding steroid dienone is 4. The summed E-state index contributed by atoms with van der Waals surface area (Å²) in [6.07, 6.45) is 1.36. The highest BCUT2D eigenvalue weighted by Crippen LogP contribution is 2.69. The second-order valence-corrected chi connectivity index (χ2v) is 12.5. The number of Topliss-reactive ketones (excluding diaryl/α,β-unsaturated/α-hetero) is 2. The molecule has 2 N–H and O–H groups in total. The first-order chi connectivity index (χ1) is 17.5. The Hall–Kier alpha value is -3.34. The van der Waals surface area contributed by atoms with Crippen LogP contribution in [-0.2, 0) is 9.59 Å². The summed E-state index contributed by atoms with van der Waals surface area (Å²) in [5.41, 5.74) is 6.26. The van der Waals surface area contributed by atoms with E-state index in [2.05, 4.69) is 38.3 Å². The summed E-state index contributed by atoms with van der Waals surface area (Å²) >= 11 is 0. The number of carbonyl (C=O) groups excluding carboxylic acids is 2. The summed E-state index contributed by atoms with van der Waals surface area (Å²) in [7, 11) is 0. The fraction of sp³-hybridized carbons (Fsp3) is 0.438. The topological polar surface area (TPSA) is 67.4 Å². The maximum atomic E-state index is 12.5. The molecule has 0 heterocycles. The Labute approximate surface area is 219 Å². The van der Waals surface area contributed by atoms with Crippen LogP contribution < -0.4 is 15.4 Å². The van der Waals surface area contributed by atoms with Crippen molar-refractivity contribution in [1.82, 2.24) is 0 Å². The van der Waals surface area contributed by atoms with Gasteiger partial charge in [-0.25, -0.2) is 0 Å². The highest BCUT2D eigenvalue weighted by molar-refractivity contribution is 6.02. The molecule has 5 nitrogen and oxygen atoms in total. The van der Waals surface area contributed by atoms with Crippen LogP contribution in [0.25, 0.3) is 0 Å². The largest absolute Gasteiger partial charge is 0.457 e. The van der Waals surface area contributed by atoms with E-state index in [4.69, 9.17) is 4.74 Å². The Morgan fingerprint density at radius 3 is 1.35 bits per heavy atom. The van der Waals surface area contributed by atoms with Gasteiger partial charge >= 0.3 is 0 Å². The minimum atomic E-state index is 0.246. The third-order valence-corrected chi connectivity index (χ3v) is 9.55. The highest BCUT2D eigenvalue weighted by Gasteiger charge is 2.66. The minimum absolute atomic E-state index is 0.246. The van der Waals surface area contributed by atoms with Crippen molar-refractivity contribution in [2.75, 3.05) is 10.6 Å². The number of benzene rings is 2. The van der Waals surface area contributed by atoms with Crippen LogP contribution in [-0.4, -0.2) is 11.6 Å². The maximum absolute atomic E-state index is 12.5. The number of ether oxygens (including phenoxy) is 1. The first-order valence-corrected chi connectivity index (χ1v) is 13.4. The molecule has 0 spiro atoms. The van der Waals surface area contributed by atoms with E-state index in [1.54, 1.807) is 0 Å². The number of hydrogen-bond donors (Lipinski definition) is 2. The lowest BCUT2D eigenvalue weighted by Gasteiger charge is -2.15. The molecule has 4 aliphatic carbocycles. The molecule has 5 heteroatoms. The normalized spacial score (nSPS) is 30.9. The van der Waals surface area contributed by atoms with Crippen LogP contribution in [0.15, 0.2) is 71.1 Å². The molecular weight excluding hydrogens is 460 g/mol. The van der Waals surface area contributed by atoms with Crippen molar-refractivity contribution in [3.05, 3.63) is 71.1 Å². The van der Waals surface area contributed by atoms with Gasteiger partial charge in [0.25, 0.3) is 0 Å². The average Bonchev–Trinajstić information content (AvgIpc) is 3.34. The Morgan fingerprint density at radius 1 is 0.676 bits per heavy atom. The van der Waals surface area contributed by atoms with E-state index in [-0.39, 0.29) is 10.8 Å². The van der Waals surface area contributed by atoms with Gasteiger partial charge in [-0.05, 0) is 96.9 Å². The van der Waals surface area contributed by atoms with E-state index >= 15 is 0 Å². The molecule has 4 saturated carbocycles. The van der Waals surface area contributed by atoms with Gasteiger partial charge in [0.1, 0.15) is 11.5 Å². The summed E-state index contributed by atoms with van der Waals surface area (Å²) < 4.78 is 6.05. The summed E-state index contributed by atoms with van der Waals surface area (Å²) in [5.74, 6) is 3.87. The predicted molar refractivity (Wildman–Crippen MR) is 146 cm³/mol. The molecule has 192 valence electrons. The number of hydrogen-bond acceptors (Lipinski definition) is 5. The second-order valence-electron chi connectivity index (χ2n) is 12.5. The molecule has 4 fully saturated rings. The third kappa shape index (κ3) is 3.91. The van der Waals surface area contributed by atoms with Crippen molar-refractivity contribution >= 4 is 22.9 Å². The lowest BCUT2D eigenvalue weighted by atomic mass is 9.95. The molecule has 0 radical (unpaired) electrons. The molecule has 0 bridgehead atoms. The standard InChI is InChI=1S/C32H36N2O3/c1-17(27-25(35)15-23-29(27)31(23,3)4)33-19-7-11-21(12-8-19)37-22-13-9-20(10-14-22)34-18(2)28-26(36)16-24-30(28)32(24,5)6/h7-14,23-24,29-30,33-34H,15-16H2,1-6H3/b27-17+,28-18+/t23-,24-,29-,30-/m1/s1. The molecule has 0 saturated heterocycles. The number of fused-ring (bicyclic) bond motifs is 2. The number of carbonyl (C=O) groups is 2. The molecule has 4 atom stereocenters. The van der Waals surface area contributed by atoms with E-state index in [1.807, 2.05) is 62.4 Å². The van der Waals surface area contributed by atoms with Crippen LogP contribution in [0.1, 0.15) is 54.4 Å². The molecule has 4 aliphatic rings. The molecule has 0 aliphatic heterocycles. The predicted octanol–water partition coefficient (Wildman–Crippen LogP) is 7.34. The molecular formula is C32H36N2O3. The molecule has 2 aromatic carbocycles. The van der Waals surface area contributed by atoms with Crippen molar-refractivity contribution < 1.29 is 14.3 Å². The van der Waals surface area contributed by atoms with Crippen molar-refractivity contribution in [3.63, 3.8) is 0 Å². The van der Waals surface area contributed by atoms with Crippen molar-refractivity contribution in [3.8, 4) is 11.5 Å². The van der Waals surface area contributed by atoms with E-state index in [1.165, 1.54) is 0 Å². The zero-order valence-electron chi connectivity index (χ0n) is 22.6. The van der Waals surface area contributed by atoms with Gasteiger partial charge in [0.15, 0.2) is 11.6 Å².